The molecule has 1 fully saturated rings. The molecule has 0 aromatic heterocycles. The van der Waals surface area contributed by atoms with Gasteiger partial charge in [0.15, 0.2) is 0 Å². The Labute approximate surface area is 135 Å². The van der Waals surface area contributed by atoms with Crippen molar-refractivity contribution in [2.24, 2.45) is 5.41 Å². The van der Waals surface area contributed by atoms with Gasteiger partial charge in [0.2, 0.25) is 0 Å². The average Bonchev–Trinajstić information content (AvgIpc) is 2.42. The first-order valence-corrected chi connectivity index (χ1v) is 8.36. The molecule has 1 saturated heterocycles. The maximum atomic E-state index is 13.7. The summed E-state index contributed by atoms with van der Waals surface area (Å²) in [6, 6.07) is 5.30. The Morgan fingerprint density at radius 2 is 1.95 bits per heavy atom. The Hall–Kier alpha value is -0.450. The largest absolute Gasteiger partial charge is 0.381 e. The Kier molecular flexibility index (Phi) is 5.44. The minimum Gasteiger partial charge on any atom is -0.381 e. The molecule has 1 aliphatic rings. The first kappa shape index (κ1) is 16.9. The lowest BCUT2D eigenvalue weighted by atomic mass is 9.74. The van der Waals surface area contributed by atoms with Crippen molar-refractivity contribution >= 4 is 15.9 Å². The smallest absolute Gasteiger partial charge is 0.137 e. The summed E-state index contributed by atoms with van der Waals surface area (Å²) in [6.45, 7) is 9.05. The predicted octanol–water partition coefficient (Wildman–Crippen LogP) is 4.32. The number of hydrogen-bond donors (Lipinski definition) is 1. The topological polar surface area (TPSA) is 21.3 Å². The number of benzene rings is 1. The fourth-order valence-electron chi connectivity index (χ4n) is 2.76. The monoisotopic (exact) mass is 357 g/mol. The summed E-state index contributed by atoms with van der Waals surface area (Å²) in [5.74, 6) is -0.182. The van der Waals surface area contributed by atoms with Crippen molar-refractivity contribution < 1.29 is 9.13 Å². The minimum absolute atomic E-state index is 0.0878. The molecule has 1 N–H and O–H groups in total. The van der Waals surface area contributed by atoms with Crippen LogP contribution in [0.1, 0.15) is 39.2 Å². The molecule has 2 rings (SSSR count). The molecule has 1 aromatic rings. The van der Waals surface area contributed by atoms with Crippen molar-refractivity contribution in [3.63, 3.8) is 0 Å². The Morgan fingerprint density at radius 1 is 1.29 bits per heavy atom. The SMILES string of the molecule is CC(C)(C)NCC1(Cc2cccc(F)c2Br)CCOCC1. The van der Waals surface area contributed by atoms with E-state index in [1.807, 2.05) is 6.07 Å². The molecule has 0 radical (unpaired) electrons. The third-order valence-corrected chi connectivity index (χ3v) is 5.03. The lowest BCUT2D eigenvalue weighted by Crippen LogP contribution is -2.47. The van der Waals surface area contributed by atoms with Gasteiger partial charge >= 0.3 is 0 Å². The highest BCUT2D eigenvalue weighted by molar-refractivity contribution is 9.10. The van der Waals surface area contributed by atoms with Crippen LogP contribution in [0.25, 0.3) is 0 Å². The van der Waals surface area contributed by atoms with Gasteiger partial charge in [-0.05, 0) is 73.0 Å². The van der Waals surface area contributed by atoms with E-state index in [-0.39, 0.29) is 16.8 Å². The van der Waals surface area contributed by atoms with E-state index in [9.17, 15) is 4.39 Å². The van der Waals surface area contributed by atoms with Gasteiger partial charge in [-0.3, -0.25) is 0 Å². The molecule has 0 amide bonds. The van der Waals surface area contributed by atoms with Crippen LogP contribution in [0.2, 0.25) is 0 Å². The molecular formula is C17H25BrFNO. The maximum Gasteiger partial charge on any atom is 0.137 e. The summed E-state index contributed by atoms with van der Waals surface area (Å²) in [5, 5.41) is 3.62. The van der Waals surface area contributed by atoms with Gasteiger partial charge in [-0.2, -0.15) is 0 Å². The van der Waals surface area contributed by atoms with Crippen LogP contribution in [0.15, 0.2) is 22.7 Å². The molecule has 1 aromatic carbocycles. The average molecular weight is 358 g/mol. The third-order valence-electron chi connectivity index (χ3n) is 4.14. The minimum atomic E-state index is -0.182. The molecule has 21 heavy (non-hydrogen) atoms. The molecule has 2 nitrogen and oxygen atoms in total. The zero-order valence-corrected chi connectivity index (χ0v) is 14.7. The summed E-state index contributed by atoms with van der Waals surface area (Å²) >= 11 is 3.40. The molecule has 0 atom stereocenters. The van der Waals surface area contributed by atoms with Gasteiger partial charge in [-0.15, -0.1) is 0 Å². The van der Waals surface area contributed by atoms with E-state index in [1.165, 1.54) is 6.07 Å². The summed E-state index contributed by atoms with van der Waals surface area (Å²) in [5.41, 5.74) is 1.28. The van der Waals surface area contributed by atoms with Crippen LogP contribution >= 0.6 is 15.9 Å². The first-order chi connectivity index (χ1) is 9.81. The lowest BCUT2D eigenvalue weighted by molar-refractivity contribution is 0.0120. The number of rotatable bonds is 4. The third kappa shape index (κ3) is 4.76. The molecule has 4 heteroatoms. The Bertz CT molecular complexity index is 478. The van der Waals surface area contributed by atoms with E-state index in [4.69, 9.17) is 4.74 Å². The standard InChI is InChI=1S/C17H25BrFNO/c1-16(2,3)20-12-17(7-9-21-10-8-17)11-13-5-4-6-14(19)15(13)18/h4-6,20H,7-12H2,1-3H3. The van der Waals surface area contributed by atoms with Gasteiger partial charge < -0.3 is 10.1 Å². The highest BCUT2D eigenvalue weighted by Crippen LogP contribution is 2.36. The first-order valence-electron chi connectivity index (χ1n) is 7.57. The van der Waals surface area contributed by atoms with Crippen LogP contribution in [0.4, 0.5) is 4.39 Å². The molecule has 0 bridgehead atoms. The quantitative estimate of drug-likeness (QED) is 0.866. The molecule has 0 unspecified atom stereocenters. The predicted molar refractivity (Wildman–Crippen MR) is 88.0 cm³/mol. The van der Waals surface area contributed by atoms with Crippen LogP contribution in [-0.4, -0.2) is 25.3 Å². The molecule has 1 aliphatic heterocycles. The van der Waals surface area contributed by atoms with Crippen LogP contribution < -0.4 is 5.32 Å². The molecule has 0 saturated carbocycles. The number of hydrogen-bond acceptors (Lipinski definition) is 2. The van der Waals surface area contributed by atoms with Gasteiger partial charge in [0.25, 0.3) is 0 Å². The van der Waals surface area contributed by atoms with Crippen LogP contribution in [0.3, 0.4) is 0 Å². The summed E-state index contributed by atoms with van der Waals surface area (Å²) in [6.07, 6.45) is 2.90. The molecular weight excluding hydrogens is 333 g/mol. The van der Waals surface area contributed by atoms with Crippen molar-refractivity contribution in [2.75, 3.05) is 19.8 Å². The second kappa shape index (κ2) is 6.76. The summed E-state index contributed by atoms with van der Waals surface area (Å²) in [7, 11) is 0. The van der Waals surface area contributed by atoms with E-state index >= 15 is 0 Å². The van der Waals surface area contributed by atoms with Gasteiger partial charge in [0.05, 0.1) is 4.47 Å². The highest BCUT2D eigenvalue weighted by Gasteiger charge is 2.34. The van der Waals surface area contributed by atoms with Crippen molar-refractivity contribution in [3.8, 4) is 0 Å². The highest BCUT2D eigenvalue weighted by atomic mass is 79.9. The maximum absolute atomic E-state index is 13.7. The fraction of sp³-hybridized carbons (Fsp3) is 0.647. The van der Waals surface area contributed by atoms with Crippen LogP contribution in [0, 0.1) is 11.2 Å². The summed E-state index contributed by atoms with van der Waals surface area (Å²) in [4.78, 5) is 0. The molecule has 1 heterocycles. The van der Waals surface area contributed by atoms with Crippen molar-refractivity contribution in [1.29, 1.82) is 0 Å². The molecule has 0 aliphatic carbocycles. The fourth-order valence-corrected chi connectivity index (χ4v) is 3.17. The molecule has 0 spiro atoms. The van der Waals surface area contributed by atoms with Crippen LogP contribution in [-0.2, 0) is 11.2 Å². The Balaban J connectivity index is 2.17. The zero-order valence-electron chi connectivity index (χ0n) is 13.1. The lowest BCUT2D eigenvalue weighted by Gasteiger charge is -2.40. The number of nitrogens with one attached hydrogen (secondary N) is 1. The van der Waals surface area contributed by atoms with Gasteiger partial charge in [-0.1, -0.05) is 12.1 Å². The van der Waals surface area contributed by atoms with E-state index in [0.29, 0.717) is 4.47 Å². The summed E-state index contributed by atoms with van der Waals surface area (Å²) < 4.78 is 19.9. The van der Waals surface area contributed by atoms with Crippen molar-refractivity contribution in [2.45, 2.75) is 45.6 Å². The van der Waals surface area contributed by atoms with E-state index in [0.717, 1.165) is 44.6 Å². The van der Waals surface area contributed by atoms with Gasteiger partial charge in [-0.25, -0.2) is 4.39 Å². The van der Waals surface area contributed by atoms with Crippen molar-refractivity contribution in [3.05, 3.63) is 34.1 Å². The van der Waals surface area contributed by atoms with Crippen LogP contribution in [0.5, 0.6) is 0 Å². The van der Waals surface area contributed by atoms with E-state index in [2.05, 4.69) is 42.0 Å². The van der Waals surface area contributed by atoms with E-state index in [1.54, 1.807) is 6.07 Å². The second-order valence-corrected chi connectivity index (χ2v) is 7.90. The second-order valence-electron chi connectivity index (χ2n) is 7.11. The van der Waals surface area contributed by atoms with Gasteiger partial charge in [0.1, 0.15) is 5.82 Å². The normalized spacial score (nSPS) is 18.7. The molecule has 118 valence electrons. The van der Waals surface area contributed by atoms with Crippen molar-refractivity contribution in [1.82, 2.24) is 5.32 Å². The van der Waals surface area contributed by atoms with E-state index < -0.39 is 0 Å². The number of ether oxygens (including phenoxy) is 1. The Morgan fingerprint density at radius 3 is 2.57 bits per heavy atom. The number of halogens is 2. The van der Waals surface area contributed by atoms with Gasteiger partial charge in [0, 0.05) is 25.3 Å². The zero-order chi connectivity index (χ0) is 15.5.